The number of hydrogen-bond acceptors (Lipinski definition) is 4. The Labute approximate surface area is 175 Å². The molecular formula is C21H40N4O4. The summed E-state index contributed by atoms with van der Waals surface area (Å²) in [5.41, 5.74) is -0.466. The van der Waals surface area contributed by atoms with Gasteiger partial charge >= 0.3 is 12.1 Å². The van der Waals surface area contributed by atoms with Crippen molar-refractivity contribution in [3.63, 3.8) is 0 Å². The summed E-state index contributed by atoms with van der Waals surface area (Å²) in [6.45, 7) is 8.85. The third-order valence-corrected chi connectivity index (χ3v) is 4.79. The normalized spacial score (nSPS) is 18.7. The van der Waals surface area contributed by atoms with Gasteiger partial charge in [0.05, 0.1) is 6.04 Å². The summed E-state index contributed by atoms with van der Waals surface area (Å²) >= 11 is 0. The van der Waals surface area contributed by atoms with E-state index < -0.39 is 5.60 Å². The first kappa shape index (κ1) is 25.0. The Morgan fingerprint density at radius 2 is 1.55 bits per heavy atom. The fourth-order valence-corrected chi connectivity index (χ4v) is 3.22. The van der Waals surface area contributed by atoms with Crippen LogP contribution in [0.15, 0.2) is 0 Å². The summed E-state index contributed by atoms with van der Waals surface area (Å²) in [7, 11) is 0. The second-order valence-corrected chi connectivity index (χ2v) is 8.81. The minimum Gasteiger partial charge on any atom is -0.444 e. The first-order chi connectivity index (χ1) is 13.7. The minimum atomic E-state index is -0.466. The summed E-state index contributed by atoms with van der Waals surface area (Å²) < 4.78 is 5.17. The van der Waals surface area contributed by atoms with E-state index >= 15 is 0 Å². The highest BCUT2D eigenvalue weighted by Gasteiger charge is 2.26. The molecule has 0 radical (unpaired) electrons. The van der Waals surface area contributed by atoms with Gasteiger partial charge in [-0.2, -0.15) is 0 Å². The molecule has 1 rings (SSSR count). The van der Waals surface area contributed by atoms with Crippen LogP contribution in [-0.2, 0) is 9.53 Å². The molecule has 1 fully saturated rings. The molecule has 2 atom stereocenters. The fourth-order valence-electron chi connectivity index (χ4n) is 3.22. The second kappa shape index (κ2) is 13.3. The van der Waals surface area contributed by atoms with E-state index in [1.807, 2.05) is 27.7 Å². The zero-order chi connectivity index (χ0) is 21.7. The van der Waals surface area contributed by atoms with Gasteiger partial charge in [-0.1, -0.05) is 25.7 Å². The van der Waals surface area contributed by atoms with Crippen molar-refractivity contribution < 1.29 is 19.1 Å². The highest BCUT2D eigenvalue weighted by Crippen LogP contribution is 2.11. The first-order valence-corrected chi connectivity index (χ1v) is 11.0. The summed E-state index contributed by atoms with van der Waals surface area (Å²) in [6.07, 6.45) is 7.92. The average molecular weight is 413 g/mol. The maximum absolute atomic E-state index is 11.8. The molecule has 0 saturated carbocycles. The van der Waals surface area contributed by atoms with Gasteiger partial charge in [0.2, 0.25) is 5.91 Å². The molecule has 8 heteroatoms. The van der Waals surface area contributed by atoms with Crippen molar-refractivity contribution in [2.75, 3.05) is 13.1 Å². The predicted octanol–water partition coefficient (Wildman–Crippen LogP) is 3.21. The third kappa shape index (κ3) is 13.0. The summed E-state index contributed by atoms with van der Waals surface area (Å²) in [6, 6.07) is 0.302. The molecule has 1 aliphatic rings. The van der Waals surface area contributed by atoms with E-state index in [-0.39, 0.29) is 30.1 Å². The molecule has 4 amide bonds. The number of alkyl carbamates (subject to hydrolysis) is 1. The SMILES string of the molecule is C[C@@H]1NC(=O)N[C@@H]1CCCCCC(=O)NCCCCCCNC(=O)OC(C)(C)C. The van der Waals surface area contributed by atoms with E-state index in [1.165, 1.54) is 0 Å². The van der Waals surface area contributed by atoms with Crippen molar-refractivity contribution >= 4 is 18.0 Å². The van der Waals surface area contributed by atoms with E-state index in [2.05, 4.69) is 21.3 Å². The topological polar surface area (TPSA) is 109 Å². The van der Waals surface area contributed by atoms with Crippen LogP contribution >= 0.6 is 0 Å². The van der Waals surface area contributed by atoms with Crippen molar-refractivity contribution in [1.82, 2.24) is 21.3 Å². The molecule has 0 bridgehead atoms. The molecule has 168 valence electrons. The molecule has 0 spiro atoms. The second-order valence-electron chi connectivity index (χ2n) is 8.81. The molecule has 0 aromatic heterocycles. The molecule has 0 aliphatic carbocycles. The van der Waals surface area contributed by atoms with Crippen molar-refractivity contribution in [2.24, 2.45) is 0 Å². The van der Waals surface area contributed by atoms with Gasteiger partial charge in [-0.15, -0.1) is 0 Å². The van der Waals surface area contributed by atoms with Crippen molar-refractivity contribution in [3.05, 3.63) is 0 Å². The van der Waals surface area contributed by atoms with Crippen molar-refractivity contribution in [3.8, 4) is 0 Å². The number of carbonyl (C=O) groups excluding carboxylic acids is 3. The minimum absolute atomic E-state index is 0.0822. The highest BCUT2D eigenvalue weighted by atomic mass is 16.6. The maximum Gasteiger partial charge on any atom is 0.407 e. The Balaban J connectivity index is 1.87. The number of urea groups is 1. The Hall–Kier alpha value is -1.99. The number of ether oxygens (including phenoxy) is 1. The number of unbranched alkanes of at least 4 members (excludes halogenated alkanes) is 5. The third-order valence-electron chi connectivity index (χ3n) is 4.79. The molecule has 0 aromatic rings. The molecule has 8 nitrogen and oxygen atoms in total. The van der Waals surface area contributed by atoms with Crippen LogP contribution in [0.4, 0.5) is 9.59 Å². The smallest absolute Gasteiger partial charge is 0.407 e. The molecule has 1 aliphatic heterocycles. The maximum atomic E-state index is 11.8. The number of carbonyl (C=O) groups is 3. The monoisotopic (exact) mass is 412 g/mol. The van der Waals surface area contributed by atoms with E-state index in [0.29, 0.717) is 19.5 Å². The predicted molar refractivity (Wildman–Crippen MR) is 114 cm³/mol. The number of nitrogens with one attached hydrogen (secondary N) is 4. The van der Waals surface area contributed by atoms with Crippen LogP contribution < -0.4 is 21.3 Å². The highest BCUT2D eigenvalue weighted by molar-refractivity contribution is 5.77. The van der Waals surface area contributed by atoms with Gasteiger partial charge in [0.1, 0.15) is 5.60 Å². The van der Waals surface area contributed by atoms with E-state index in [4.69, 9.17) is 4.74 Å². The summed E-state index contributed by atoms with van der Waals surface area (Å²) in [5, 5.41) is 11.5. The van der Waals surface area contributed by atoms with Gasteiger partial charge in [-0.3, -0.25) is 4.79 Å². The standard InChI is InChI=1S/C21H40N4O4/c1-16-17(25-19(27)24-16)12-8-7-9-13-18(26)22-14-10-5-6-11-15-23-20(28)29-21(2,3)4/h16-17H,5-15H2,1-4H3,(H,22,26)(H,23,28)(H2,24,25,27)/t16-,17+/m0/s1. The number of hydrogen-bond donors (Lipinski definition) is 4. The van der Waals surface area contributed by atoms with Crippen LogP contribution in [0.5, 0.6) is 0 Å². The van der Waals surface area contributed by atoms with Crippen molar-refractivity contribution in [1.29, 1.82) is 0 Å². The first-order valence-electron chi connectivity index (χ1n) is 11.0. The van der Waals surface area contributed by atoms with Gasteiger partial charge in [0, 0.05) is 25.6 Å². The quantitative estimate of drug-likeness (QED) is 0.348. The fraction of sp³-hybridized carbons (Fsp3) is 0.857. The van der Waals surface area contributed by atoms with Gasteiger partial charge in [0.25, 0.3) is 0 Å². The summed E-state index contributed by atoms with van der Waals surface area (Å²) in [5.74, 6) is 0.112. The molecule has 0 aromatic carbocycles. The molecule has 4 N–H and O–H groups in total. The van der Waals surface area contributed by atoms with Gasteiger partial charge in [-0.25, -0.2) is 9.59 Å². The van der Waals surface area contributed by atoms with Gasteiger partial charge in [-0.05, 0) is 53.4 Å². The van der Waals surface area contributed by atoms with Crippen molar-refractivity contribution in [2.45, 2.75) is 103 Å². The van der Waals surface area contributed by atoms with Gasteiger partial charge in [0.15, 0.2) is 0 Å². The zero-order valence-electron chi connectivity index (χ0n) is 18.6. The molecule has 1 saturated heterocycles. The lowest BCUT2D eigenvalue weighted by Crippen LogP contribution is -2.33. The zero-order valence-corrected chi connectivity index (χ0v) is 18.6. The molecule has 1 heterocycles. The largest absolute Gasteiger partial charge is 0.444 e. The van der Waals surface area contributed by atoms with Crippen LogP contribution in [0, 0.1) is 0 Å². The molecule has 29 heavy (non-hydrogen) atoms. The van der Waals surface area contributed by atoms with Crippen LogP contribution in [0.2, 0.25) is 0 Å². The summed E-state index contributed by atoms with van der Waals surface area (Å²) in [4.78, 5) is 34.5. The Morgan fingerprint density at radius 3 is 2.14 bits per heavy atom. The van der Waals surface area contributed by atoms with E-state index in [1.54, 1.807) is 0 Å². The lowest BCUT2D eigenvalue weighted by atomic mass is 10.0. The molecular weight excluding hydrogens is 372 g/mol. The molecule has 0 unspecified atom stereocenters. The Morgan fingerprint density at radius 1 is 0.931 bits per heavy atom. The Bertz CT molecular complexity index is 519. The van der Waals surface area contributed by atoms with Crippen LogP contribution in [-0.4, -0.2) is 48.8 Å². The Kier molecular flexibility index (Phi) is 11.5. The van der Waals surface area contributed by atoms with E-state index in [9.17, 15) is 14.4 Å². The van der Waals surface area contributed by atoms with Crippen LogP contribution in [0.25, 0.3) is 0 Å². The van der Waals surface area contributed by atoms with Gasteiger partial charge < -0.3 is 26.0 Å². The van der Waals surface area contributed by atoms with E-state index in [0.717, 1.165) is 51.4 Å². The van der Waals surface area contributed by atoms with Crippen LogP contribution in [0.3, 0.4) is 0 Å². The lowest BCUT2D eigenvalue weighted by Gasteiger charge is -2.19. The number of rotatable bonds is 13. The lowest BCUT2D eigenvalue weighted by molar-refractivity contribution is -0.121. The number of amides is 4. The average Bonchev–Trinajstić information content (AvgIpc) is 2.92. The van der Waals surface area contributed by atoms with Crippen LogP contribution in [0.1, 0.15) is 85.5 Å².